The predicted octanol–water partition coefficient (Wildman–Crippen LogP) is 2.03. The van der Waals surface area contributed by atoms with Crippen molar-refractivity contribution in [2.24, 2.45) is 11.1 Å². The number of hydrogen-bond acceptors (Lipinski definition) is 3. The van der Waals surface area contributed by atoms with Gasteiger partial charge in [0.05, 0.1) is 4.90 Å². The molecule has 0 atom stereocenters. The van der Waals surface area contributed by atoms with Crippen LogP contribution in [0.15, 0.2) is 23.1 Å². The lowest BCUT2D eigenvalue weighted by Crippen LogP contribution is -2.32. The van der Waals surface area contributed by atoms with Crippen molar-refractivity contribution in [1.82, 2.24) is 4.72 Å². The van der Waals surface area contributed by atoms with Crippen LogP contribution in [0.25, 0.3) is 0 Å². The van der Waals surface area contributed by atoms with Crippen molar-refractivity contribution in [3.8, 4) is 0 Å². The predicted molar refractivity (Wildman–Crippen MR) is 78.4 cm³/mol. The smallest absolute Gasteiger partial charge is 0.240 e. The average Bonchev–Trinajstić information content (AvgIpc) is 2.35. The van der Waals surface area contributed by atoms with Gasteiger partial charge in [-0.1, -0.05) is 33.8 Å². The third-order valence-electron chi connectivity index (χ3n) is 2.88. The molecule has 108 valence electrons. The maximum atomic E-state index is 12.2. The highest BCUT2D eigenvalue weighted by atomic mass is 32.2. The lowest BCUT2D eigenvalue weighted by molar-refractivity contribution is 0.407. The van der Waals surface area contributed by atoms with E-state index in [-0.39, 0.29) is 10.3 Å². The van der Waals surface area contributed by atoms with Gasteiger partial charge in [0.2, 0.25) is 10.0 Å². The molecule has 0 aliphatic rings. The van der Waals surface area contributed by atoms with Gasteiger partial charge in [-0.05, 0) is 35.1 Å². The van der Waals surface area contributed by atoms with Crippen LogP contribution < -0.4 is 10.5 Å². The molecule has 0 bridgehead atoms. The highest BCUT2D eigenvalue weighted by Gasteiger charge is 2.19. The molecular weight excluding hydrogens is 260 g/mol. The van der Waals surface area contributed by atoms with Gasteiger partial charge < -0.3 is 5.73 Å². The first kappa shape index (κ1) is 16.1. The van der Waals surface area contributed by atoms with Crippen molar-refractivity contribution in [3.05, 3.63) is 29.3 Å². The largest absolute Gasteiger partial charge is 0.326 e. The van der Waals surface area contributed by atoms with Crippen LogP contribution in [0.1, 0.15) is 38.8 Å². The first-order valence-electron chi connectivity index (χ1n) is 6.51. The van der Waals surface area contributed by atoms with Crippen LogP contribution in [0.5, 0.6) is 0 Å². The molecule has 0 saturated carbocycles. The Morgan fingerprint density at radius 3 is 2.32 bits per heavy atom. The third-order valence-corrected chi connectivity index (χ3v) is 4.28. The van der Waals surface area contributed by atoms with E-state index in [2.05, 4.69) is 4.72 Å². The molecule has 0 unspecified atom stereocenters. The Morgan fingerprint density at radius 1 is 1.21 bits per heavy atom. The zero-order chi connectivity index (χ0) is 14.7. The molecule has 0 heterocycles. The molecule has 19 heavy (non-hydrogen) atoms. The molecule has 0 aromatic heterocycles. The number of aryl methyl sites for hydroxylation is 1. The minimum atomic E-state index is -3.46. The Hall–Kier alpha value is -0.910. The second kappa shape index (κ2) is 6.03. The summed E-state index contributed by atoms with van der Waals surface area (Å²) in [4.78, 5) is 0.286. The highest BCUT2D eigenvalue weighted by molar-refractivity contribution is 7.89. The van der Waals surface area contributed by atoms with Gasteiger partial charge in [-0.15, -0.1) is 0 Å². The SMILES string of the molecule is CCc1ccc(S(=O)(=O)NCC(C)(C)C)cc1CN. The second-order valence-corrected chi connectivity index (χ2v) is 7.64. The minimum Gasteiger partial charge on any atom is -0.326 e. The topological polar surface area (TPSA) is 72.2 Å². The molecule has 0 amide bonds. The van der Waals surface area contributed by atoms with E-state index in [0.29, 0.717) is 13.1 Å². The van der Waals surface area contributed by atoms with Crippen LogP contribution in [0.2, 0.25) is 0 Å². The molecule has 1 aromatic rings. The Balaban J connectivity index is 3.02. The lowest BCUT2D eigenvalue weighted by Gasteiger charge is -2.19. The molecule has 0 aliphatic carbocycles. The standard InChI is InChI=1S/C14H24N2O2S/c1-5-11-6-7-13(8-12(11)9-15)19(17,18)16-10-14(2,3)4/h6-8,16H,5,9-10,15H2,1-4H3. The lowest BCUT2D eigenvalue weighted by atomic mass is 9.98. The first-order valence-corrected chi connectivity index (χ1v) is 7.99. The molecule has 5 heteroatoms. The van der Waals surface area contributed by atoms with Gasteiger partial charge in [-0.25, -0.2) is 13.1 Å². The maximum Gasteiger partial charge on any atom is 0.240 e. The fourth-order valence-corrected chi connectivity index (χ4v) is 3.03. The number of nitrogens with two attached hydrogens (primary N) is 1. The van der Waals surface area contributed by atoms with E-state index in [4.69, 9.17) is 5.73 Å². The summed E-state index contributed by atoms with van der Waals surface area (Å²) in [5.41, 5.74) is 7.56. The molecule has 1 rings (SSSR count). The van der Waals surface area contributed by atoms with Gasteiger partial charge in [-0.2, -0.15) is 0 Å². The van der Waals surface area contributed by atoms with E-state index in [1.165, 1.54) is 0 Å². The van der Waals surface area contributed by atoms with Crippen LogP contribution in [0.3, 0.4) is 0 Å². The van der Waals surface area contributed by atoms with Gasteiger partial charge >= 0.3 is 0 Å². The van der Waals surface area contributed by atoms with Gasteiger partial charge in [0.15, 0.2) is 0 Å². The maximum absolute atomic E-state index is 12.2. The Labute approximate surface area is 116 Å². The Kier molecular flexibility index (Phi) is 5.12. The van der Waals surface area contributed by atoms with E-state index < -0.39 is 10.0 Å². The molecule has 1 aromatic carbocycles. The van der Waals surface area contributed by atoms with Crippen molar-refractivity contribution < 1.29 is 8.42 Å². The van der Waals surface area contributed by atoms with Gasteiger partial charge in [-0.3, -0.25) is 0 Å². The Morgan fingerprint density at radius 2 is 1.84 bits per heavy atom. The molecule has 3 N–H and O–H groups in total. The van der Waals surface area contributed by atoms with Gasteiger partial charge in [0.1, 0.15) is 0 Å². The number of benzene rings is 1. The number of nitrogens with one attached hydrogen (secondary N) is 1. The molecule has 0 saturated heterocycles. The monoisotopic (exact) mass is 284 g/mol. The fourth-order valence-electron chi connectivity index (χ4n) is 1.70. The van der Waals surface area contributed by atoms with E-state index in [1.807, 2.05) is 33.8 Å². The third kappa shape index (κ3) is 4.60. The Bertz CT molecular complexity index is 531. The van der Waals surface area contributed by atoms with Crippen LogP contribution in [-0.4, -0.2) is 15.0 Å². The average molecular weight is 284 g/mol. The van der Waals surface area contributed by atoms with Crippen molar-refractivity contribution in [1.29, 1.82) is 0 Å². The van der Waals surface area contributed by atoms with Crippen LogP contribution in [0, 0.1) is 5.41 Å². The normalized spacial score (nSPS) is 12.7. The summed E-state index contributed by atoms with van der Waals surface area (Å²) in [6.07, 6.45) is 0.849. The summed E-state index contributed by atoms with van der Waals surface area (Å²) in [5, 5.41) is 0. The highest BCUT2D eigenvalue weighted by Crippen LogP contribution is 2.18. The van der Waals surface area contributed by atoms with Crippen molar-refractivity contribution in [3.63, 3.8) is 0 Å². The first-order chi connectivity index (χ1) is 8.69. The van der Waals surface area contributed by atoms with Crippen LogP contribution >= 0.6 is 0 Å². The van der Waals surface area contributed by atoms with Crippen molar-refractivity contribution in [2.75, 3.05) is 6.54 Å². The summed E-state index contributed by atoms with van der Waals surface area (Å²) in [7, 11) is -3.46. The molecular formula is C14H24N2O2S. The van der Waals surface area contributed by atoms with E-state index >= 15 is 0 Å². The molecule has 0 fully saturated rings. The molecule has 4 nitrogen and oxygen atoms in total. The van der Waals surface area contributed by atoms with Gasteiger partial charge in [0.25, 0.3) is 0 Å². The van der Waals surface area contributed by atoms with Crippen LogP contribution in [-0.2, 0) is 23.0 Å². The summed E-state index contributed by atoms with van der Waals surface area (Å²) in [6.45, 7) is 8.75. The van der Waals surface area contributed by atoms with E-state index in [9.17, 15) is 8.42 Å². The zero-order valence-electron chi connectivity index (χ0n) is 12.2. The second-order valence-electron chi connectivity index (χ2n) is 5.87. The number of hydrogen-bond donors (Lipinski definition) is 2. The van der Waals surface area contributed by atoms with Crippen LogP contribution in [0.4, 0.5) is 0 Å². The molecule has 0 spiro atoms. The molecule has 0 aliphatic heterocycles. The summed E-state index contributed by atoms with van der Waals surface area (Å²) in [5.74, 6) is 0. The minimum absolute atomic E-state index is 0.0902. The fraction of sp³-hybridized carbons (Fsp3) is 0.571. The van der Waals surface area contributed by atoms with Crippen molar-refractivity contribution >= 4 is 10.0 Å². The van der Waals surface area contributed by atoms with E-state index in [0.717, 1.165) is 17.5 Å². The zero-order valence-corrected chi connectivity index (χ0v) is 13.0. The van der Waals surface area contributed by atoms with E-state index in [1.54, 1.807) is 12.1 Å². The summed E-state index contributed by atoms with van der Waals surface area (Å²) in [6, 6.07) is 5.15. The number of sulfonamides is 1. The quantitative estimate of drug-likeness (QED) is 0.869. The number of rotatable bonds is 5. The van der Waals surface area contributed by atoms with Gasteiger partial charge in [0, 0.05) is 13.1 Å². The molecule has 0 radical (unpaired) electrons. The summed E-state index contributed by atoms with van der Waals surface area (Å²) >= 11 is 0. The summed E-state index contributed by atoms with van der Waals surface area (Å²) < 4.78 is 27.0. The van der Waals surface area contributed by atoms with Crippen molar-refractivity contribution in [2.45, 2.75) is 45.6 Å².